The van der Waals surface area contributed by atoms with Crippen molar-refractivity contribution in [3.05, 3.63) is 0 Å². The van der Waals surface area contributed by atoms with Gasteiger partial charge < -0.3 is 15.4 Å². The molecule has 0 spiro atoms. The van der Waals surface area contributed by atoms with E-state index in [9.17, 15) is 13.2 Å². The maximum atomic E-state index is 12.7. The summed E-state index contributed by atoms with van der Waals surface area (Å²) < 4.78 is 29.0. The summed E-state index contributed by atoms with van der Waals surface area (Å²) in [6.07, 6.45) is 3.40. The van der Waals surface area contributed by atoms with E-state index in [1.165, 1.54) is 0 Å². The molecule has 2 heterocycles. The lowest BCUT2D eigenvalue weighted by molar-refractivity contribution is -0.144. The van der Waals surface area contributed by atoms with E-state index in [0.29, 0.717) is 25.9 Å². The Morgan fingerprint density at radius 1 is 1.33 bits per heavy atom. The number of rotatable bonds is 6. The number of sulfone groups is 1. The van der Waals surface area contributed by atoms with Gasteiger partial charge >= 0.3 is 0 Å². The lowest BCUT2D eigenvalue weighted by atomic mass is 10.1. The van der Waals surface area contributed by atoms with E-state index in [0.717, 1.165) is 19.3 Å². The maximum absolute atomic E-state index is 12.7. The molecule has 0 radical (unpaired) electrons. The highest BCUT2D eigenvalue weighted by atomic mass is 32.2. The third-order valence-electron chi connectivity index (χ3n) is 4.33. The van der Waals surface area contributed by atoms with Crippen molar-refractivity contribution in [3.8, 4) is 0 Å². The monoisotopic (exact) mass is 318 g/mol. The quantitative estimate of drug-likeness (QED) is 0.761. The molecule has 2 N–H and O–H groups in total. The summed E-state index contributed by atoms with van der Waals surface area (Å²) in [6.45, 7) is 3.10. The van der Waals surface area contributed by atoms with Gasteiger partial charge in [-0.05, 0) is 25.7 Å². The molecule has 0 aromatic heterocycles. The SMILES string of the molecule is CCCCN(C(=O)C1CCC(CN)O1)C1CCS(=O)(=O)C1. The minimum absolute atomic E-state index is 0.0423. The average molecular weight is 318 g/mol. The molecule has 2 aliphatic rings. The molecule has 2 saturated heterocycles. The highest BCUT2D eigenvalue weighted by Crippen LogP contribution is 2.25. The maximum Gasteiger partial charge on any atom is 0.251 e. The Labute approximate surface area is 126 Å². The van der Waals surface area contributed by atoms with Crippen molar-refractivity contribution in [2.24, 2.45) is 5.73 Å². The minimum atomic E-state index is -2.99. The van der Waals surface area contributed by atoms with Crippen LogP contribution in [0.4, 0.5) is 0 Å². The second kappa shape index (κ2) is 7.07. The predicted molar refractivity (Wildman–Crippen MR) is 80.6 cm³/mol. The van der Waals surface area contributed by atoms with Crippen LogP contribution < -0.4 is 5.73 Å². The molecule has 0 aliphatic carbocycles. The molecular weight excluding hydrogens is 292 g/mol. The van der Waals surface area contributed by atoms with Crippen LogP contribution >= 0.6 is 0 Å². The van der Waals surface area contributed by atoms with Crippen molar-refractivity contribution < 1.29 is 17.9 Å². The van der Waals surface area contributed by atoms with Crippen LogP contribution in [0.5, 0.6) is 0 Å². The van der Waals surface area contributed by atoms with Crippen molar-refractivity contribution in [2.75, 3.05) is 24.6 Å². The van der Waals surface area contributed by atoms with E-state index in [-0.39, 0.29) is 29.6 Å². The second-order valence-electron chi connectivity index (χ2n) is 6.00. The van der Waals surface area contributed by atoms with E-state index >= 15 is 0 Å². The number of hydrogen-bond donors (Lipinski definition) is 1. The van der Waals surface area contributed by atoms with Crippen molar-refractivity contribution in [1.29, 1.82) is 0 Å². The molecule has 21 heavy (non-hydrogen) atoms. The number of carbonyl (C=O) groups is 1. The fourth-order valence-corrected chi connectivity index (χ4v) is 4.80. The summed E-state index contributed by atoms with van der Waals surface area (Å²) in [5.74, 6) is 0.224. The van der Waals surface area contributed by atoms with Gasteiger partial charge in [0.05, 0.1) is 17.6 Å². The second-order valence-corrected chi connectivity index (χ2v) is 8.23. The zero-order valence-corrected chi connectivity index (χ0v) is 13.5. The van der Waals surface area contributed by atoms with Crippen LogP contribution in [0.2, 0.25) is 0 Å². The van der Waals surface area contributed by atoms with Gasteiger partial charge in [0.25, 0.3) is 5.91 Å². The Morgan fingerprint density at radius 2 is 2.10 bits per heavy atom. The molecule has 7 heteroatoms. The van der Waals surface area contributed by atoms with Crippen LogP contribution in [0.15, 0.2) is 0 Å². The first-order valence-corrected chi connectivity index (χ1v) is 9.65. The summed E-state index contributed by atoms with van der Waals surface area (Å²) in [6, 6.07) is -0.186. The Balaban J connectivity index is 2.03. The summed E-state index contributed by atoms with van der Waals surface area (Å²) in [7, 11) is -2.99. The molecule has 0 aromatic rings. The van der Waals surface area contributed by atoms with E-state index in [1.807, 2.05) is 0 Å². The van der Waals surface area contributed by atoms with Gasteiger partial charge in [-0.15, -0.1) is 0 Å². The molecule has 3 atom stereocenters. The topological polar surface area (TPSA) is 89.7 Å². The molecule has 0 saturated carbocycles. The van der Waals surface area contributed by atoms with Gasteiger partial charge in [-0.3, -0.25) is 4.79 Å². The molecule has 122 valence electrons. The molecule has 3 unspecified atom stereocenters. The van der Waals surface area contributed by atoms with E-state index in [4.69, 9.17) is 10.5 Å². The van der Waals surface area contributed by atoms with Crippen LogP contribution in [0.1, 0.15) is 39.0 Å². The van der Waals surface area contributed by atoms with Gasteiger partial charge in [-0.2, -0.15) is 0 Å². The Bertz CT molecular complexity index is 466. The third kappa shape index (κ3) is 4.17. The highest BCUT2D eigenvalue weighted by molar-refractivity contribution is 7.91. The van der Waals surface area contributed by atoms with Gasteiger partial charge in [0.2, 0.25) is 0 Å². The van der Waals surface area contributed by atoms with E-state index < -0.39 is 15.9 Å². The molecule has 0 bridgehead atoms. The minimum Gasteiger partial charge on any atom is -0.364 e. The van der Waals surface area contributed by atoms with Gasteiger partial charge in [0.15, 0.2) is 9.84 Å². The van der Waals surface area contributed by atoms with Gasteiger partial charge in [-0.25, -0.2) is 8.42 Å². The van der Waals surface area contributed by atoms with Crippen LogP contribution in [0, 0.1) is 0 Å². The van der Waals surface area contributed by atoms with E-state index in [1.54, 1.807) is 4.90 Å². The lowest BCUT2D eigenvalue weighted by Crippen LogP contribution is -2.47. The zero-order chi connectivity index (χ0) is 15.5. The number of nitrogens with zero attached hydrogens (tertiary/aromatic N) is 1. The first kappa shape index (κ1) is 16.7. The number of carbonyl (C=O) groups excluding carboxylic acids is 1. The molecule has 1 amide bonds. The lowest BCUT2D eigenvalue weighted by Gasteiger charge is -2.30. The van der Waals surface area contributed by atoms with Crippen LogP contribution in [-0.2, 0) is 19.4 Å². The van der Waals surface area contributed by atoms with Gasteiger partial charge in [0.1, 0.15) is 6.10 Å². The van der Waals surface area contributed by atoms with Crippen molar-refractivity contribution >= 4 is 15.7 Å². The normalized spacial score (nSPS) is 31.4. The molecular formula is C14H26N2O4S. The number of unbranched alkanes of at least 4 members (excludes halogenated alkanes) is 1. The predicted octanol–water partition coefficient (Wildman–Crippen LogP) is 0.309. The van der Waals surface area contributed by atoms with Crippen molar-refractivity contribution in [1.82, 2.24) is 4.90 Å². The van der Waals surface area contributed by atoms with Gasteiger partial charge in [0, 0.05) is 19.1 Å². The molecule has 6 nitrogen and oxygen atoms in total. The summed E-state index contributed by atoms with van der Waals surface area (Å²) in [4.78, 5) is 14.4. The Morgan fingerprint density at radius 3 is 2.62 bits per heavy atom. The number of amides is 1. The summed E-state index contributed by atoms with van der Waals surface area (Å²) in [5, 5.41) is 0. The zero-order valence-electron chi connectivity index (χ0n) is 12.7. The summed E-state index contributed by atoms with van der Waals surface area (Å²) >= 11 is 0. The fourth-order valence-electron chi connectivity index (χ4n) is 3.07. The van der Waals surface area contributed by atoms with E-state index in [2.05, 4.69) is 6.92 Å². The Kier molecular flexibility index (Phi) is 5.62. The third-order valence-corrected chi connectivity index (χ3v) is 6.08. The van der Waals surface area contributed by atoms with Gasteiger partial charge in [-0.1, -0.05) is 13.3 Å². The van der Waals surface area contributed by atoms with Crippen molar-refractivity contribution in [2.45, 2.75) is 57.3 Å². The number of hydrogen-bond acceptors (Lipinski definition) is 5. The van der Waals surface area contributed by atoms with Crippen LogP contribution in [0.25, 0.3) is 0 Å². The standard InChI is InChI=1S/C14H26N2O4S/c1-2-3-7-16(11-6-8-21(18,19)10-11)14(17)13-5-4-12(9-15)20-13/h11-13H,2-10,15H2,1H3. The Hall–Kier alpha value is -0.660. The smallest absolute Gasteiger partial charge is 0.251 e. The largest absolute Gasteiger partial charge is 0.364 e. The fraction of sp³-hybridized carbons (Fsp3) is 0.929. The average Bonchev–Trinajstić information content (AvgIpc) is 3.05. The summed E-state index contributed by atoms with van der Waals surface area (Å²) in [5.41, 5.74) is 5.58. The first-order valence-electron chi connectivity index (χ1n) is 7.83. The highest BCUT2D eigenvalue weighted by Gasteiger charge is 2.39. The van der Waals surface area contributed by atoms with Crippen molar-refractivity contribution in [3.63, 3.8) is 0 Å². The first-order chi connectivity index (χ1) is 9.96. The molecule has 0 aromatic carbocycles. The van der Waals surface area contributed by atoms with Crippen LogP contribution in [0.3, 0.4) is 0 Å². The molecule has 2 aliphatic heterocycles. The number of ether oxygens (including phenoxy) is 1. The number of nitrogens with two attached hydrogens (primary N) is 1. The molecule has 2 rings (SSSR count). The molecule has 2 fully saturated rings. The van der Waals surface area contributed by atoms with Crippen LogP contribution in [-0.4, -0.2) is 62.1 Å².